The third-order valence-corrected chi connectivity index (χ3v) is 4.27. The average molecular weight is 256 g/mol. The smallest absolute Gasteiger partial charge is 0.323 e. The van der Waals surface area contributed by atoms with Crippen LogP contribution in [0.15, 0.2) is 0 Å². The summed E-state index contributed by atoms with van der Waals surface area (Å²) in [4.78, 5) is 13.6. The van der Waals surface area contributed by atoms with E-state index in [1.807, 2.05) is 0 Å². The van der Waals surface area contributed by atoms with Gasteiger partial charge in [0.1, 0.15) is 5.54 Å². The summed E-state index contributed by atoms with van der Waals surface area (Å²) in [5.74, 6) is -0.678. The second-order valence-electron chi connectivity index (χ2n) is 5.73. The Kier molecular flexibility index (Phi) is 6.09. The lowest BCUT2D eigenvalue weighted by Gasteiger charge is -2.28. The average Bonchev–Trinajstić information content (AvgIpc) is 2.70. The molecule has 18 heavy (non-hydrogen) atoms. The fraction of sp³-hybridized carbons (Fsp3) is 0.929. The summed E-state index contributed by atoms with van der Waals surface area (Å²) in [6.45, 7) is 4.26. The molecule has 0 bridgehead atoms. The van der Waals surface area contributed by atoms with E-state index in [4.69, 9.17) is 5.73 Å². The van der Waals surface area contributed by atoms with Crippen LogP contribution in [0.1, 0.15) is 51.9 Å². The Morgan fingerprint density at radius 1 is 1.44 bits per heavy atom. The number of rotatable bonds is 8. The maximum atomic E-state index is 11.3. The Labute approximate surface area is 111 Å². The van der Waals surface area contributed by atoms with Gasteiger partial charge in [0.25, 0.3) is 0 Å². The van der Waals surface area contributed by atoms with E-state index in [1.54, 1.807) is 0 Å². The summed E-state index contributed by atoms with van der Waals surface area (Å²) in [6, 6.07) is 0. The van der Waals surface area contributed by atoms with E-state index >= 15 is 0 Å². The molecule has 4 nitrogen and oxygen atoms in total. The number of aliphatic carboxylic acids is 1. The van der Waals surface area contributed by atoms with Crippen molar-refractivity contribution in [3.8, 4) is 0 Å². The number of nitrogens with zero attached hydrogens (tertiary/aromatic N) is 1. The highest BCUT2D eigenvalue weighted by atomic mass is 16.4. The minimum absolute atomic E-state index is 0.142. The van der Waals surface area contributed by atoms with Crippen LogP contribution in [0, 0.1) is 5.92 Å². The molecule has 0 aromatic rings. The fourth-order valence-electron chi connectivity index (χ4n) is 2.91. The van der Waals surface area contributed by atoms with Crippen LogP contribution >= 0.6 is 0 Å². The van der Waals surface area contributed by atoms with E-state index in [-0.39, 0.29) is 5.92 Å². The molecule has 2 atom stereocenters. The number of carboxylic acid groups (broad SMARTS) is 1. The number of hydrogen-bond donors (Lipinski definition) is 2. The molecule has 1 aliphatic carbocycles. The van der Waals surface area contributed by atoms with Crippen molar-refractivity contribution >= 4 is 5.97 Å². The molecule has 0 aromatic heterocycles. The number of hydrogen-bond acceptors (Lipinski definition) is 3. The SMILES string of the molecule is CCCCCN(C)CCC1CCCC1(N)C(=O)O. The number of carbonyl (C=O) groups is 1. The Morgan fingerprint density at radius 3 is 2.78 bits per heavy atom. The number of unbranched alkanes of at least 4 members (excludes halogenated alkanes) is 2. The van der Waals surface area contributed by atoms with Gasteiger partial charge in [0.05, 0.1) is 0 Å². The zero-order valence-corrected chi connectivity index (χ0v) is 11.8. The first-order chi connectivity index (χ1) is 8.50. The van der Waals surface area contributed by atoms with Crippen LogP contribution in [-0.2, 0) is 4.79 Å². The van der Waals surface area contributed by atoms with Crippen LogP contribution in [0.2, 0.25) is 0 Å². The number of carboxylic acids is 1. The molecule has 0 radical (unpaired) electrons. The lowest BCUT2D eigenvalue weighted by molar-refractivity contribution is -0.144. The molecule has 0 aliphatic heterocycles. The summed E-state index contributed by atoms with van der Waals surface area (Å²) in [7, 11) is 2.11. The van der Waals surface area contributed by atoms with Crippen molar-refractivity contribution in [3.63, 3.8) is 0 Å². The molecule has 106 valence electrons. The highest BCUT2D eigenvalue weighted by Crippen LogP contribution is 2.36. The van der Waals surface area contributed by atoms with Gasteiger partial charge in [0.2, 0.25) is 0 Å². The van der Waals surface area contributed by atoms with Crippen molar-refractivity contribution in [2.45, 2.75) is 57.4 Å². The van der Waals surface area contributed by atoms with Crippen LogP contribution in [0.25, 0.3) is 0 Å². The third kappa shape index (κ3) is 3.95. The normalized spacial score (nSPS) is 27.9. The molecule has 1 fully saturated rings. The topological polar surface area (TPSA) is 66.6 Å². The Bertz CT molecular complexity index is 271. The van der Waals surface area contributed by atoms with E-state index < -0.39 is 11.5 Å². The van der Waals surface area contributed by atoms with Crippen molar-refractivity contribution in [1.82, 2.24) is 4.90 Å². The molecule has 2 unspecified atom stereocenters. The monoisotopic (exact) mass is 256 g/mol. The zero-order chi connectivity index (χ0) is 13.6. The maximum Gasteiger partial charge on any atom is 0.323 e. The first-order valence-electron chi connectivity index (χ1n) is 7.21. The van der Waals surface area contributed by atoms with Gasteiger partial charge in [-0.3, -0.25) is 4.79 Å². The van der Waals surface area contributed by atoms with Gasteiger partial charge in [-0.1, -0.05) is 26.2 Å². The van der Waals surface area contributed by atoms with Gasteiger partial charge in [-0.05, 0) is 51.7 Å². The highest BCUT2D eigenvalue weighted by molar-refractivity contribution is 5.79. The predicted molar refractivity (Wildman–Crippen MR) is 73.5 cm³/mol. The van der Waals surface area contributed by atoms with Crippen LogP contribution in [0.3, 0.4) is 0 Å². The van der Waals surface area contributed by atoms with Crippen LogP contribution in [0.5, 0.6) is 0 Å². The first-order valence-corrected chi connectivity index (χ1v) is 7.21. The molecule has 1 saturated carbocycles. The second-order valence-corrected chi connectivity index (χ2v) is 5.73. The van der Waals surface area contributed by atoms with Crippen molar-refractivity contribution in [2.75, 3.05) is 20.1 Å². The zero-order valence-electron chi connectivity index (χ0n) is 11.8. The van der Waals surface area contributed by atoms with Crippen LogP contribution < -0.4 is 5.73 Å². The third-order valence-electron chi connectivity index (χ3n) is 4.27. The second kappa shape index (κ2) is 7.10. The summed E-state index contributed by atoms with van der Waals surface area (Å²) in [5.41, 5.74) is 5.07. The predicted octanol–water partition coefficient (Wildman–Crippen LogP) is 2.08. The molecule has 4 heteroatoms. The van der Waals surface area contributed by atoms with E-state index in [2.05, 4.69) is 18.9 Å². The quantitative estimate of drug-likeness (QED) is 0.653. The van der Waals surface area contributed by atoms with E-state index in [9.17, 15) is 9.90 Å². The molecule has 0 spiro atoms. The first kappa shape index (κ1) is 15.4. The van der Waals surface area contributed by atoms with Crippen molar-refractivity contribution in [2.24, 2.45) is 11.7 Å². The van der Waals surface area contributed by atoms with E-state index in [0.717, 1.165) is 32.4 Å². The van der Waals surface area contributed by atoms with Gasteiger partial charge in [0.15, 0.2) is 0 Å². The van der Waals surface area contributed by atoms with E-state index in [0.29, 0.717) is 6.42 Å². The van der Waals surface area contributed by atoms with Gasteiger partial charge < -0.3 is 15.7 Å². The van der Waals surface area contributed by atoms with E-state index in [1.165, 1.54) is 19.3 Å². The highest BCUT2D eigenvalue weighted by Gasteiger charge is 2.45. The number of nitrogens with two attached hydrogens (primary N) is 1. The van der Waals surface area contributed by atoms with Crippen molar-refractivity contribution in [1.29, 1.82) is 0 Å². The van der Waals surface area contributed by atoms with Gasteiger partial charge in [-0.25, -0.2) is 0 Å². The standard InChI is InChI=1S/C14H28N2O2/c1-3-4-5-10-16(2)11-8-12-7-6-9-14(12,15)13(17)18/h12H,3-11,15H2,1-2H3,(H,17,18). The Hall–Kier alpha value is -0.610. The Morgan fingerprint density at radius 2 is 2.17 bits per heavy atom. The van der Waals surface area contributed by atoms with Crippen molar-refractivity contribution in [3.05, 3.63) is 0 Å². The summed E-state index contributed by atoms with van der Waals surface area (Å²) in [6.07, 6.45) is 7.19. The van der Waals surface area contributed by atoms with Gasteiger partial charge in [-0.15, -0.1) is 0 Å². The molecule has 0 heterocycles. The van der Waals surface area contributed by atoms with Gasteiger partial charge >= 0.3 is 5.97 Å². The Balaban J connectivity index is 2.32. The molecule has 0 aromatic carbocycles. The van der Waals surface area contributed by atoms with Gasteiger partial charge in [0, 0.05) is 0 Å². The van der Waals surface area contributed by atoms with Crippen LogP contribution in [-0.4, -0.2) is 41.7 Å². The summed E-state index contributed by atoms with van der Waals surface area (Å²) in [5, 5.41) is 9.24. The molecule has 1 rings (SSSR count). The lowest BCUT2D eigenvalue weighted by atomic mass is 9.85. The fourth-order valence-corrected chi connectivity index (χ4v) is 2.91. The summed E-state index contributed by atoms with van der Waals surface area (Å²) < 4.78 is 0. The van der Waals surface area contributed by atoms with Gasteiger partial charge in [-0.2, -0.15) is 0 Å². The molecule has 3 N–H and O–H groups in total. The molecule has 0 saturated heterocycles. The minimum Gasteiger partial charge on any atom is -0.480 e. The summed E-state index contributed by atoms with van der Waals surface area (Å²) >= 11 is 0. The largest absolute Gasteiger partial charge is 0.480 e. The van der Waals surface area contributed by atoms with Crippen LogP contribution in [0.4, 0.5) is 0 Å². The van der Waals surface area contributed by atoms with Crippen molar-refractivity contribution < 1.29 is 9.90 Å². The molecular formula is C14H28N2O2. The lowest BCUT2D eigenvalue weighted by Crippen LogP contribution is -2.51. The minimum atomic E-state index is -0.968. The maximum absolute atomic E-state index is 11.3. The molecule has 0 amide bonds. The molecular weight excluding hydrogens is 228 g/mol. The molecule has 1 aliphatic rings.